The molecule has 0 amide bonds. The topological polar surface area (TPSA) is 29.5 Å². The Balaban J connectivity index is 0.955. The van der Waals surface area contributed by atoms with Gasteiger partial charge in [0.25, 0.3) is 0 Å². The minimum Gasteiger partial charge on any atom is -0.456 e. The molecule has 0 saturated carbocycles. The maximum atomic E-state index is 6.49. The minimum atomic E-state index is 0.862. The summed E-state index contributed by atoms with van der Waals surface area (Å²) in [6, 6.07) is 75.7. The van der Waals surface area contributed by atoms with Gasteiger partial charge in [0, 0.05) is 50.2 Å². The summed E-state index contributed by atoms with van der Waals surface area (Å²) >= 11 is 0. The molecule has 2 aromatic heterocycles. The van der Waals surface area contributed by atoms with Gasteiger partial charge in [0.15, 0.2) is 0 Å². The van der Waals surface area contributed by atoms with Crippen LogP contribution in [0, 0.1) is 0 Å². The lowest BCUT2D eigenvalue weighted by Gasteiger charge is -2.26. The van der Waals surface area contributed by atoms with Gasteiger partial charge in [0.1, 0.15) is 22.3 Å². The number of fused-ring (bicyclic) bond motifs is 9. The van der Waals surface area contributed by atoms with E-state index < -0.39 is 0 Å². The SMILES string of the molecule is c1ccc(-c2cccc3c2oc2ccc(-c4ccc(N(c5ccc(-c6cc7ccccc7c7ccccc67)cc5)c5ccc6c(c5)oc5ccccc56)cc4)cc23)cc1. The summed E-state index contributed by atoms with van der Waals surface area (Å²) < 4.78 is 12.9. The average molecular weight is 754 g/mol. The molecule has 0 spiro atoms. The van der Waals surface area contributed by atoms with Gasteiger partial charge in [-0.2, -0.15) is 0 Å². The monoisotopic (exact) mass is 753 g/mol. The summed E-state index contributed by atoms with van der Waals surface area (Å²) in [7, 11) is 0. The fourth-order valence-electron chi connectivity index (χ4n) is 9.01. The van der Waals surface area contributed by atoms with Crippen molar-refractivity contribution in [3.63, 3.8) is 0 Å². The highest BCUT2D eigenvalue weighted by molar-refractivity contribution is 6.14. The lowest BCUT2D eigenvalue weighted by Crippen LogP contribution is -2.09. The lowest BCUT2D eigenvalue weighted by molar-refractivity contribution is 0.669. The largest absolute Gasteiger partial charge is 0.456 e. The van der Waals surface area contributed by atoms with E-state index in [1.807, 2.05) is 18.2 Å². The molecule has 0 aliphatic carbocycles. The Morgan fingerprint density at radius 2 is 0.864 bits per heavy atom. The molecule has 2 heterocycles. The van der Waals surface area contributed by atoms with Gasteiger partial charge in [-0.15, -0.1) is 0 Å². The second kappa shape index (κ2) is 13.4. The van der Waals surface area contributed by atoms with Crippen LogP contribution in [0.4, 0.5) is 17.1 Å². The first-order valence-corrected chi connectivity index (χ1v) is 20.1. The predicted molar refractivity (Wildman–Crippen MR) is 247 cm³/mol. The molecule has 0 bridgehead atoms. The van der Waals surface area contributed by atoms with Gasteiger partial charge in [-0.3, -0.25) is 0 Å². The number of hydrogen-bond donors (Lipinski definition) is 0. The molecule has 12 rings (SSSR count). The first-order valence-electron chi connectivity index (χ1n) is 20.1. The molecule has 0 radical (unpaired) electrons. The first kappa shape index (κ1) is 33.3. The third kappa shape index (κ3) is 5.51. The molecular weight excluding hydrogens is 719 g/mol. The fraction of sp³-hybridized carbons (Fsp3) is 0. The summed E-state index contributed by atoms with van der Waals surface area (Å²) in [5.74, 6) is 0. The minimum absolute atomic E-state index is 0.862. The van der Waals surface area contributed by atoms with Crippen molar-refractivity contribution in [1.29, 1.82) is 0 Å². The molecule has 0 saturated heterocycles. The number of nitrogens with zero attached hydrogens (tertiary/aromatic N) is 1. The predicted octanol–water partition coefficient (Wildman–Crippen LogP) is 16.3. The van der Waals surface area contributed by atoms with E-state index >= 15 is 0 Å². The van der Waals surface area contributed by atoms with Crippen LogP contribution in [0.1, 0.15) is 0 Å². The Morgan fingerprint density at radius 3 is 1.68 bits per heavy atom. The third-order valence-corrected chi connectivity index (χ3v) is 11.9. The van der Waals surface area contributed by atoms with Crippen molar-refractivity contribution in [2.75, 3.05) is 4.90 Å². The summed E-state index contributed by atoms with van der Waals surface area (Å²) in [4.78, 5) is 2.32. The number of hydrogen-bond acceptors (Lipinski definition) is 3. The summed E-state index contributed by atoms with van der Waals surface area (Å²) in [5, 5.41) is 9.48. The smallest absolute Gasteiger partial charge is 0.143 e. The molecule has 0 N–H and O–H groups in total. The van der Waals surface area contributed by atoms with Crippen LogP contribution >= 0.6 is 0 Å². The molecule has 10 aromatic carbocycles. The molecule has 3 heteroatoms. The van der Waals surface area contributed by atoms with Gasteiger partial charge in [-0.05, 0) is 110 Å². The van der Waals surface area contributed by atoms with E-state index in [0.29, 0.717) is 0 Å². The highest BCUT2D eigenvalue weighted by Gasteiger charge is 2.18. The quantitative estimate of drug-likeness (QED) is 0.158. The van der Waals surface area contributed by atoms with Crippen LogP contribution in [-0.2, 0) is 0 Å². The Bertz CT molecular complexity index is 3540. The van der Waals surface area contributed by atoms with E-state index in [-0.39, 0.29) is 0 Å². The van der Waals surface area contributed by atoms with Crippen molar-refractivity contribution in [3.8, 4) is 33.4 Å². The summed E-state index contributed by atoms with van der Waals surface area (Å²) in [5.41, 5.74) is 13.6. The van der Waals surface area contributed by atoms with Crippen molar-refractivity contribution in [2.24, 2.45) is 0 Å². The molecule has 3 nitrogen and oxygen atoms in total. The molecule has 12 aromatic rings. The molecule has 0 aliphatic heterocycles. The molecule has 276 valence electrons. The lowest BCUT2D eigenvalue weighted by atomic mass is 9.93. The van der Waals surface area contributed by atoms with E-state index in [0.717, 1.165) is 83.2 Å². The van der Waals surface area contributed by atoms with Crippen LogP contribution in [0.2, 0.25) is 0 Å². The van der Waals surface area contributed by atoms with Crippen molar-refractivity contribution in [2.45, 2.75) is 0 Å². The Kier molecular flexibility index (Phi) is 7.54. The third-order valence-electron chi connectivity index (χ3n) is 11.9. The van der Waals surface area contributed by atoms with Crippen LogP contribution in [-0.4, -0.2) is 0 Å². The van der Waals surface area contributed by atoms with Gasteiger partial charge < -0.3 is 13.7 Å². The fourth-order valence-corrected chi connectivity index (χ4v) is 9.01. The zero-order chi connectivity index (χ0) is 38.9. The van der Waals surface area contributed by atoms with E-state index in [1.54, 1.807) is 0 Å². The number of anilines is 3. The van der Waals surface area contributed by atoms with E-state index in [9.17, 15) is 0 Å². The second-order valence-corrected chi connectivity index (χ2v) is 15.3. The van der Waals surface area contributed by atoms with Crippen LogP contribution in [0.5, 0.6) is 0 Å². The Hall–Kier alpha value is -7.88. The number of para-hydroxylation sites is 2. The van der Waals surface area contributed by atoms with Gasteiger partial charge in [-0.25, -0.2) is 0 Å². The van der Waals surface area contributed by atoms with Crippen LogP contribution in [0.3, 0.4) is 0 Å². The second-order valence-electron chi connectivity index (χ2n) is 15.3. The van der Waals surface area contributed by atoms with Crippen LogP contribution in [0.25, 0.3) is 98.8 Å². The van der Waals surface area contributed by atoms with Crippen molar-refractivity contribution in [3.05, 3.63) is 212 Å². The average Bonchev–Trinajstić information content (AvgIpc) is 3.87. The van der Waals surface area contributed by atoms with E-state index in [4.69, 9.17) is 8.83 Å². The standard InChI is InChI=1S/C56H35NO2/c1-2-11-37(12-3-1)45-18-10-19-50-52-33-39(25-32-54(52)59-56(45)50)36-21-26-41(27-22-36)57(43-30-31-49-48-17-8-9-20-53(48)58-55(49)35-43)42-28-23-38(24-29-42)51-34-40-13-4-5-14-44(40)46-15-6-7-16-47(46)51/h1-35H. The maximum Gasteiger partial charge on any atom is 0.143 e. The van der Waals surface area contributed by atoms with Crippen LogP contribution in [0.15, 0.2) is 221 Å². The highest BCUT2D eigenvalue weighted by atomic mass is 16.3. The number of rotatable bonds is 6. The zero-order valence-electron chi connectivity index (χ0n) is 32.0. The van der Waals surface area contributed by atoms with Crippen molar-refractivity contribution >= 4 is 82.5 Å². The van der Waals surface area contributed by atoms with Gasteiger partial charge >= 0.3 is 0 Å². The number of furan rings is 2. The molecule has 0 aliphatic rings. The van der Waals surface area contributed by atoms with Crippen molar-refractivity contribution in [1.82, 2.24) is 0 Å². The Morgan fingerprint density at radius 1 is 0.271 bits per heavy atom. The van der Waals surface area contributed by atoms with E-state index in [2.05, 4.69) is 199 Å². The molecule has 59 heavy (non-hydrogen) atoms. The zero-order valence-corrected chi connectivity index (χ0v) is 32.0. The number of benzene rings is 10. The molecule has 0 unspecified atom stereocenters. The molecule has 0 atom stereocenters. The summed E-state index contributed by atoms with van der Waals surface area (Å²) in [6.45, 7) is 0. The van der Waals surface area contributed by atoms with Crippen LogP contribution < -0.4 is 4.90 Å². The molecular formula is C56H35NO2. The Labute approximate surface area is 340 Å². The van der Waals surface area contributed by atoms with Crippen molar-refractivity contribution < 1.29 is 8.83 Å². The normalized spacial score (nSPS) is 11.7. The van der Waals surface area contributed by atoms with Gasteiger partial charge in [-0.1, -0.05) is 146 Å². The first-order chi connectivity index (χ1) is 29.2. The summed E-state index contributed by atoms with van der Waals surface area (Å²) in [6.07, 6.45) is 0. The van der Waals surface area contributed by atoms with Gasteiger partial charge in [0.05, 0.1) is 0 Å². The van der Waals surface area contributed by atoms with Gasteiger partial charge in [0.2, 0.25) is 0 Å². The van der Waals surface area contributed by atoms with E-state index in [1.165, 1.54) is 32.7 Å². The molecule has 0 fully saturated rings. The highest BCUT2D eigenvalue weighted by Crippen LogP contribution is 2.42. The maximum absolute atomic E-state index is 6.49.